The van der Waals surface area contributed by atoms with Crippen molar-refractivity contribution in [1.29, 1.82) is 0 Å². The van der Waals surface area contributed by atoms with Crippen molar-refractivity contribution < 1.29 is 9.59 Å². The van der Waals surface area contributed by atoms with Gasteiger partial charge < -0.3 is 10.6 Å². The molecule has 0 aliphatic carbocycles. The largest absolute Gasteiger partial charge is 0.370 e. The Morgan fingerprint density at radius 3 is 2.45 bits per heavy atom. The first-order valence-corrected chi connectivity index (χ1v) is 3.60. The molecule has 0 saturated heterocycles. The Kier molecular flexibility index (Phi) is 4.61. The van der Waals surface area contributed by atoms with Gasteiger partial charge in [-0.1, -0.05) is 0 Å². The van der Waals surface area contributed by atoms with Gasteiger partial charge in [0.25, 0.3) is 0 Å². The highest BCUT2D eigenvalue weighted by molar-refractivity contribution is 6.62. The number of nitrogens with two attached hydrogens (primary N) is 1. The van der Waals surface area contributed by atoms with Crippen molar-refractivity contribution in [3.63, 3.8) is 0 Å². The van der Waals surface area contributed by atoms with E-state index in [9.17, 15) is 9.59 Å². The molecule has 0 aliphatic rings. The first kappa shape index (κ1) is 10.2. The molecule has 0 radical (unpaired) electrons. The zero-order valence-corrected chi connectivity index (χ0v) is 7.10. The lowest BCUT2D eigenvalue weighted by Gasteiger charge is -2.11. The molecule has 0 atom stereocenters. The van der Waals surface area contributed by atoms with Crippen molar-refractivity contribution in [2.75, 3.05) is 13.6 Å². The van der Waals surface area contributed by atoms with E-state index in [1.807, 2.05) is 0 Å². The number of hydrogen-bond acceptors (Lipinski definition) is 2. The SMILES string of the molecule is CN(CCCC(N)=O)C(=O)Cl. The molecule has 5 heteroatoms. The summed E-state index contributed by atoms with van der Waals surface area (Å²) in [4.78, 5) is 22.0. The fourth-order valence-electron chi connectivity index (χ4n) is 0.578. The fraction of sp³-hybridized carbons (Fsp3) is 0.667. The zero-order chi connectivity index (χ0) is 8.85. The second-order valence-corrected chi connectivity index (χ2v) is 2.57. The summed E-state index contributed by atoms with van der Waals surface area (Å²) in [5.74, 6) is -0.361. The molecule has 0 aromatic heterocycles. The van der Waals surface area contributed by atoms with Gasteiger partial charge in [0.1, 0.15) is 0 Å². The quantitative estimate of drug-likeness (QED) is 0.505. The number of rotatable bonds is 4. The minimum Gasteiger partial charge on any atom is -0.370 e. The Balaban J connectivity index is 3.39. The number of halogens is 1. The van der Waals surface area contributed by atoms with Gasteiger partial charge in [0.05, 0.1) is 0 Å². The molecule has 0 aromatic carbocycles. The first-order valence-electron chi connectivity index (χ1n) is 3.23. The van der Waals surface area contributed by atoms with E-state index >= 15 is 0 Å². The first-order chi connectivity index (χ1) is 5.04. The van der Waals surface area contributed by atoms with E-state index in [0.29, 0.717) is 13.0 Å². The zero-order valence-electron chi connectivity index (χ0n) is 6.34. The number of carbonyl (C=O) groups excluding carboxylic acids is 2. The maximum atomic E-state index is 10.4. The molecule has 0 aromatic rings. The Morgan fingerprint density at radius 2 is 2.09 bits per heavy atom. The number of carbonyl (C=O) groups is 2. The molecule has 0 spiro atoms. The van der Waals surface area contributed by atoms with Crippen LogP contribution < -0.4 is 5.73 Å². The van der Waals surface area contributed by atoms with Gasteiger partial charge in [-0.05, 0) is 18.0 Å². The van der Waals surface area contributed by atoms with Crippen LogP contribution in [-0.4, -0.2) is 29.8 Å². The lowest BCUT2D eigenvalue weighted by molar-refractivity contribution is -0.118. The summed E-state index contributed by atoms with van der Waals surface area (Å²) in [7, 11) is 1.57. The summed E-state index contributed by atoms with van der Waals surface area (Å²) >= 11 is 5.11. The maximum absolute atomic E-state index is 10.4. The highest BCUT2D eigenvalue weighted by atomic mass is 35.5. The Bertz CT molecular complexity index is 161. The minimum atomic E-state index is -0.519. The summed E-state index contributed by atoms with van der Waals surface area (Å²) in [5, 5.41) is -0.519. The van der Waals surface area contributed by atoms with Crippen LogP contribution in [0.5, 0.6) is 0 Å². The number of amides is 2. The molecule has 0 rings (SSSR count). The summed E-state index contributed by atoms with van der Waals surface area (Å²) < 4.78 is 0. The monoisotopic (exact) mass is 178 g/mol. The van der Waals surface area contributed by atoms with Crippen molar-refractivity contribution in [3.8, 4) is 0 Å². The summed E-state index contributed by atoms with van der Waals surface area (Å²) in [6.07, 6.45) is 0.846. The molecule has 11 heavy (non-hydrogen) atoms. The van der Waals surface area contributed by atoms with Gasteiger partial charge in [0.15, 0.2) is 0 Å². The Labute approximate surface area is 70.3 Å². The highest BCUT2D eigenvalue weighted by Gasteiger charge is 2.03. The fourth-order valence-corrected chi connectivity index (χ4v) is 0.663. The van der Waals surface area contributed by atoms with Crippen LogP contribution in [0.4, 0.5) is 4.79 Å². The van der Waals surface area contributed by atoms with Crippen LogP contribution in [0, 0.1) is 0 Å². The van der Waals surface area contributed by atoms with Crippen LogP contribution in [0.2, 0.25) is 0 Å². The lowest BCUT2D eigenvalue weighted by atomic mass is 10.3. The van der Waals surface area contributed by atoms with Gasteiger partial charge in [-0.25, -0.2) is 0 Å². The van der Waals surface area contributed by atoms with Gasteiger partial charge in [-0.2, -0.15) is 0 Å². The molecule has 0 bridgehead atoms. The average Bonchev–Trinajstić information content (AvgIpc) is 1.86. The van der Waals surface area contributed by atoms with Gasteiger partial charge >= 0.3 is 5.37 Å². The second kappa shape index (κ2) is 4.96. The lowest BCUT2D eigenvalue weighted by Crippen LogP contribution is -2.23. The van der Waals surface area contributed by atoms with Crippen molar-refractivity contribution in [2.24, 2.45) is 5.73 Å². The van der Waals surface area contributed by atoms with Crippen LogP contribution in [0.3, 0.4) is 0 Å². The third-order valence-electron chi connectivity index (χ3n) is 1.22. The average molecular weight is 179 g/mol. The molecule has 64 valence electrons. The van der Waals surface area contributed by atoms with Crippen molar-refractivity contribution >= 4 is 22.9 Å². The summed E-state index contributed by atoms with van der Waals surface area (Å²) in [5.41, 5.74) is 4.88. The Morgan fingerprint density at radius 1 is 1.55 bits per heavy atom. The Hall–Kier alpha value is -0.770. The van der Waals surface area contributed by atoms with Gasteiger partial charge in [-0.3, -0.25) is 9.59 Å². The molecule has 0 unspecified atom stereocenters. The van der Waals surface area contributed by atoms with Crippen molar-refractivity contribution in [3.05, 3.63) is 0 Å². The molecular weight excluding hydrogens is 168 g/mol. The van der Waals surface area contributed by atoms with E-state index in [4.69, 9.17) is 17.3 Å². The van der Waals surface area contributed by atoms with Crippen LogP contribution >= 0.6 is 11.6 Å². The minimum absolute atomic E-state index is 0.286. The maximum Gasteiger partial charge on any atom is 0.316 e. The smallest absolute Gasteiger partial charge is 0.316 e. The molecule has 0 aliphatic heterocycles. The third kappa shape index (κ3) is 5.66. The van der Waals surface area contributed by atoms with E-state index < -0.39 is 5.37 Å². The predicted octanol–water partition coefficient (Wildman–Crippen LogP) is 0.542. The van der Waals surface area contributed by atoms with Crippen molar-refractivity contribution in [1.82, 2.24) is 4.90 Å². The predicted molar refractivity (Wildman–Crippen MR) is 42.3 cm³/mol. The molecule has 0 saturated carbocycles. The highest BCUT2D eigenvalue weighted by Crippen LogP contribution is 1.96. The number of nitrogens with zero attached hydrogens (tertiary/aromatic N) is 1. The van der Waals surface area contributed by atoms with Crippen LogP contribution in [0.15, 0.2) is 0 Å². The van der Waals surface area contributed by atoms with E-state index in [0.717, 1.165) is 0 Å². The van der Waals surface area contributed by atoms with Gasteiger partial charge in [-0.15, -0.1) is 0 Å². The second-order valence-electron chi connectivity index (χ2n) is 2.24. The standard InChI is InChI=1S/C6H11ClN2O2/c1-9(6(7)11)4-2-3-5(8)10/h2-4H2,1H3,(H2,8,10). The number of hydrogen-bond donors (Lipinski definition) is 1. The van der Waals surface area contributed by atoms with E-state index in [1.54, 1.807) is 7.05 Å². The number of primary amides is 1. The molecular formula is C6H11ClN2O2. The molecule has 0 heterocycles. The van der Waals surface area contributed by atoms with E-state index in [-0.39, 0.29) is 12.3 Å². The third-order valence-corrected chi connectivity index (χ3v) is 1.51. The van der Waals surface area contributed by atoms with Crippen LogP contribution in [0.1, 0.15) is 12.8 Å². The van der Waals surface area contributed by atoms with E-state index in [2.05, 4.69) is 0 Å². The molecule has 4 nitrogen and oxygen atoms in total. The molecule has 2 amide bonds. The molecule has 0 fully saturated rings. The molecule has 2 N–H and O–H groups in total. The normalized spacial score (nSPS) is 9.27. The van der Waals surface area contributed by atoms with Crippen LogP contribution in [-0.2, 0) is 4.79 Å². The topological polar surface area (TPSA) is 63.4 Å². The summed E-state index contributed by atoms with van der Waals surface area (Å²) in [6, 6.07) is 0. The van der Waals surface area contributed by atoms with Gasteiger partial charge in [0, 0.05) is 20.0 Å². The van der Waals surface area contributed by atoms with Crippen LogP contribution in [0.25, 0.3) is 0 Å². The van der Waals surface area contributed by atoms with E-state index in [1.165, 1.54) is 4.90 Å². The summed E-state index contributed by atoms with van der Waals surface area (Å²) in [6.45, 7) is 0.464. The van der Waals surface area contributed by atoms with Gasteiger partial charge in [0.2, 0.25) is 5.91 Å². The van der Waals surface area contributed by atoms with Crippen molar-refractivity contribution in [2.45, 2.75) is 12.8 Å².